The van der Waals surface area contributed by atoms with Crippen molar-refractivity contribution in [3.8, 4) is 5.75 Å². The van der Waals surface area contributed by atoms with E-state index in [4.69, 9.17) is 9.84 Å². The molecule has 0 amide bonds. The third-order valence-corrected chi connectivity index (χ3v) is 2.33. The van der Waals surface area contributed by atoms with Crippen molar-refractivity contribution in [3.05, 3.63) is 24.3 Å². The fourth-order valence-electron chi connectivity index (χ4n) is 1.65. The topological polar surface area (TPSA) is 49.8 Å². The van der Waals surface area contributed by atoms with Crippen molar-refractivity contribution in [2.24, 2.45) is 0 Å². The summed E-state index contributed by atoms with van der Waals surface area (Å²) < 4.78 is 5.35. The Morgan fingerprint density at radius 3 is 2.41 bits per heavy atom. The summed E-state index contributed by atoms with van der Waals surface area (Å²) in [5, 5.41) is 8.84. The number of carboxylic acids is 1. The van der Waals surface area contributed by atoms with Crippen LogP contribution in [0.2, 0.25) is 0 Å². The Kier molecular flexibility index (Phi) is 5.33. The molecule has 0 saturated heterocycles. The van der Waals surface area contributed by atoms with E-state index in [1.807, 2.05) is 43.0 Å². The number of rotatable bonds is 7. The largest absolute Gasteiger partial charge is 0.494 e. The molecule has 0 radical (unpaired) electrons. The van der Waals surface area contributed by atoms with Gasteiger partial charge in [0.2, 0.25) is 0 Å². The lowest BCUT2D eigenvalue weighted by atomic mass is 10.2. The maximum atomic E-state index is 10.8. The molecule has 0 spiro atoms. The van der Waals surface area contributed by atoms with Crippen LogP contribution in [0.1, 0.15) is 20.3 Å². The van der Waals surface area contributed by atoms with Crippen LogP contribution in [0.4, 0.5) is 5.69 Å². The summed E-state index contributed by atoms with van der Waals surface area (Å²) >= 11 is 0. The molecule has 1 N–H and O–H groups in total. The van der Waals surface area contributed by atoms with Gasteiger partial charge in [0.15, 0.2) is 0 Å². The summed E-state index contributed by atoms with van der Waals surface area (Å²) in [7, 11) is 0. The van der Waals surface area contributed by atoms with Crippen LogP contribution in [-0.4, -0.2) is 30.8 Å². The molecule has 1 aromatic rings. The van der Waals surface area contributed by atoms with E-state index in [9.17, 15) is 4.79 Å². The molecule has 0 aromatic heterocycles. The van der Waals surface area contributed by atoms with Crippen molar-refractivity contribution in [1.29, 1.82) is 0 Å². The van der Waals surface area contributed by atoms with Crippen LogP contribution in [-0.2, 0) is 4.79 Å². The lowest BCUT2D eigenvalue weighted by Gasteiger charge is -2.22. The van der Waals surface area contributed by atoms with Gasteiger partial charge in [-0.05, 0) is 37.6 Å². The van der Waals surface area contributed by atoms with E-state index in [2.05, 4.69) is 0 Å². The number of benzene rings is 1. The number of carbonyl (C=O) groups is 1. The van der Waals surface area contributed by atoms with Crippen LogP contribution in [0.25, 0.3) is 0 Å². The Morgan fingerprint density at radius 2 is 1.94 bits per heavy atom. The standard InChI is InChI=1S/C13H19NO3/c1-3-9-14(10-13(15)16)11-5-7-12(8-6-11)17-4-2/h5-8H,3-4,9-10H2,1-2H3,(H,15,16). The fourth-order valence-corrected chi connectivity index (χ4v) is 1.65. The zero-order valence-corrected chi connectivity index (χ0v) is 10.3. The molecule has 1 rings (SSSR count). The first-order valence-corrected chi connectivity index (χ1v) is 5.87. The van der Waals surface area contributed by atoms with Crippen molar-refractivity contribution >= 4 is 11.7 Å². The summed E-state index contributed by atoms with van der Waals surface area (Å²) in [6.07, 6.45) is 0.917. The third-order valence-electron chi connectivity index (χ3n) is 2.33. The van der Waals surface area contributed by atoms with Gasteiger partial charge in [-0.15, -0.1) is 0 Å². The van der Waals surface area contributed by atoms with E-state index in [-0.39, 0.29) is 6.54 Å². The Balaban J connectivity index is 2.75. The summed E-state index contributed by atoms with van der Waals surface area (Å²) in [5.74, 6) is -0.00430. The van der Waals surface area contributed by atoms with Gasteiger partial charge in [0, 0.05) is 12.2 Å². The van der Waals surface area contributed by atoms with Crippen molar-refractivity contribution < 1.29 is 14.6 Å². The number of carboxylic acid groups (broad SMARTS) is 1. The van der Waals surface area contributed by atoms with Gasteiger partial charge in [-0.2, -0.15) is 0 Å². The summed E-state index contributed by atoms with van der Waals surface area (Å²) in [5.41, 5.74) is 0.915. The molecule has 0 atom stereocenters. The highest BCUT2D eigenvalue weighted by molar-refractivity contribution is 5.73. The zero-order chi connectivity index (χ0) is 12.7. The fraction of sp³-hybridized carbons (Fsp3) is 0.462. The van der Waals surface area contributed by atoms with Gasteiger partial charge < -0.3 is 14.7 Å². The van der Waals surface area contributed by atoms with E-state index in [1.54, 1.807) is 0 Å². The first-order chi connectivity index (χ1) is 8.17. The lowest BCUT2D eigenvalue weighted by Crippen LogP contribution is -2.30. The minimum Gasteiger partial charge on any atom is -0.494 e. The van der Waals surface area contributed by atoms with Gasteiger partial charge in [-0.1, -0.05) is 6.92 Å². The van der Waals surface area contributed by atoms with Gasteiger partial charge >= 0.3 is 5.97 Å². The number of hydrogen-bond donors (Lipinski definition) is 1. The number of nitrogens with zero attached hydrogens (tertiary/aromatic N) is 1. The van der Waals surface area contributed by atoms with Crippen molar-refractivity contribution in [1.82, 2.24) is 0 Å². The van der Waals surface area contributed by atoms with Crippen molar-refractivity contribution in [2.45, 2.75) is 20.3 Å². The van der Waals surface area contributed by atoms with Crippen molar-refractivity contribution in [2.75, 3.05) is 24.6 Å². The molecular formula is C13H19NO3. The first kappa shape index (κ1) is 13.4. The first-order valence-electron chi connectivity index (χ1n) is 5.87. The van der Waals surface area contributed by atoms with Gasteiger partial charge in [-0.3, -0.25) is 4.79 Å². The summed E-state index contributed by atoms with van der Waals surface area (Å²) in [6.45, 7) is 5.36. The molecule has 0 heterocycles. The smallest absolute Gasteiger partial charge is 0.323 e. The average molecular weight is 237 g/mol. The van der Waals surface area contributed by atoms with Crippen LogP contribution in [0.15, 0.2) is 24.3 Å². The monoisotopic (exact) mass is 237 g/mol. The predicted octanol–water partition coefficient (Wildman–Crippen LogP) is 2.39. The normalized spacial score (nSPS) is 10.0. The van der Waals surface area contributed by atoms with E-state index >= 15 is 0 Å². The Hall–Kier alpha value is -1.71. The van der Waals surface area contributed by atoms with Gasteiger partial charge in [0.05, 0.1) is 6.61 Å². The number of anilines is 1. The van der Waals surface area contributed by atoms with Gasteiger partial charge in [0.1, 0.15) is 12.3 Å². The van der Waals surface area contributed by atoms with E-state index in [1.165, 1.54) is 0 Å². The molecule has 4 nitrogen and oxygen atoms in total. The van der Waals surface area contributed by atoms with Gasteiger partial charge in [-0.25, -0.2) is 0 Å². The van der Waals surface area contributed by atoms with E-state index < -0.39 is 5.97 Å². The Bertz CT molecular complexity index is 348. The SMILES string of the molecule is CCCN(CC(=O)O)c1ccc(OCC)cc1. The Labute approximate surface area is 102 Å². The molecule has 0 unspecified atom stereocenters. The molecule has 0 aliphatic heterocycles. The Morgan fingerprint density at radius 1 is 1.29 bits per heavy atom. The second-order valence-electron chi connectivity index (χ2n) is 3.74. The maximum Gasteiger partial charge on any atom is 0.323 e. The molecule has 0 bridgehead atoms. The highest BCUT2D eigenvalue weighted by Gasteiger charge is 2.09. The molecular weight excluding hydrogens is 218 g/mol. The molecule has 0 saturated carbocycles. The average Bonchev–Trinajstić information content (AvgIpc) is 2.29. The van der Waals surface area contributed by atoms with E-state index in [0.29, 0.717) is 6.61 Å². The van der Waals surface area contributed by atoms with Crippen LogP contribution in [0, 0.1) is 0 Å². The summed E-state index contributed by atoms with van der Waals surface area (Å²) in [4.78, 5) is 12.6. The van der Waals surface area contributed by atoms with Gasteiger partial charge in [0.25, 0.3) is 0 Å². The highest BCUT2D eigenvalue weighted by Crippen LogP contribution is 2.19. The second kappa shape index (κ2) is 6.78. The molecule has 17 heavy (non-hydrogen) atoms. The minimum atomic E-state index is -0.813. The molecule has 94 valence electrons. The maximum absolute atomic E-state index is 10.8. The van der Waals surface area contributed by atoms with Crippen LogP contribution in [0.3, 0.4) is 0 Å². The molecule has 1 aromatic carbocycles. The highest BCUT2D eigenvalue weighted by atomic mass is 16.5. The second-order valence-corrected chi connectivity index (χ2v) is 3.74. The quantitative estimate of drug-likeness (QED) is 0.791. The molecule has 0 aliphatic carbocycles. The molecule has 0 fully saturated rings. The summed E-state index contributed by atoms with van der Waals surface area (Å²) in [6, 6.07) is 7.51. The number of ether oxygens (including phenoxy) is 1. The zero-order valence-electron chi connectivity index (χ0n) is 10.3. The predicted molar refractivity (Wildman–Crippen MR) is 67.8 cm³/mol. The lowest BCUT2D eigenvalue weighted by molar-refractivity contribution is -0.135. The van der Waals surface area contributed by atoms with Crippen LogP contribution in [0.5, 0.6) is 5.75 Å². The third kappa shape index (κ3) is 4.34. The number of aliphatic carboxylic acids is 1. The van der Waals surface area contributed by atoms with E-state index in [0.717, 1.165) is 24.4 Å². The minimum absolute atomic E-state index is 0.0296. The van der Waals surface area contributed by atoms with Crippen molar-refractivity contribution in [3.63, 3.8) is 0 Å². The van der Waals surface area contributed by atoms with Crippen LogP contribution >= 0.6 is 0 Å². The number of hydrogen-bond acceptors (Lipinski definition) is 3. The van der Waals surface area contributed by atoms with Crippen LogP contribution < -0.4 is 9.64 Å². The molecule has 4 heteroatoms. The molecule has 0 aliphatic rings.